The molecule has 1 aromatic heterocycles. The highest BCUT2D eigenvalue weighted by molar-refractivity contribution is 5.15. The third-order valence-electron chi connectivity index (χ3n) is 1.41. The predicted octanol–water partition coefficient (Wildman–Crippen LogP) is 1.07. The number of aromatic amines is 1. The van der Waals surface area contributed by atoms with Crippen LogP contribution in [0, 0.1) is 17.3 Å². The molecule has 11 heavy (non-hydrogen) atoms. The number of rotatable bonds is 2. The van der Waals surface area contributed by atoms with Gasteiger partial charge in [0.2, 0.25) is 0 Å². The lowest BCUT2D eigenvalue weighted by Crippen LogP contribution is -2.07. The molecule has 0 bridgehead atoms. The van der Waals surface area contributed by atoms with Crippen LogP contribution in [-0.2, 0) is 0 Å². The van der Waals surface area contributed by atoms with Gasteiger partial charge in [0.15, 0.2) is 5.95 Å². The Balaban J connectivity index is 2.70. The lowest BCUT2D eigenvalue weighted by atomic mass is 10.1. The molecule has 0 radical (unpaired) electrons. The van der Waals surface area contributed by atoms with E-state index >= 15 is 0 Å². The van der Waals surface area contributed by atoms with Gasteiger partial charge in [-0.3, -0.25) is 0 Å². The first-order valence-corrected chi connectivity index (χ1v) is 3.20. The molecule has 0 aliphatic rings. The fourth-order valence-electron chi connectivity index (χ4n) is 0.812. The van der Waals surface area contributed by atoms with Crippen LogP contribution in [0.1, 0.15) is 18.0 Å². The van der Waals surface area contributed by atoms with Crippen molar-refractivity contribution in [2.24, 2.45) is 5.73 Å². The van der Waals surface area contributed by atoms with Gasteiger partial charge in [-0.25, -0.2) is 0 Å². The Labute approximate surface area is 63.6 Å². The third kappa shape index (κ3) is 1.79. The maximum Gasteiger partial charge on any atom is 0.191 e. The minimum Gasteiger partial charge on any atom is -0.338 e. The number of nitriles is 1. The summed E-state index contributed by atoms with van der Waals surface area (Å²) in [6, 6.07) is 2.82. The third-order valence-corrected chi connectivity index (χ3v) is 1.41. The Morgan fingerprint density at radius 3 is 3.00 bits per heavy atom. The highest BCUT2D eigenvalue weighted by Crippen LogP contribution is 2.13. The molecule has 3 N–H and O–H groups in total. The average Bonchev–Trinajstić information content (AvgIpc) is 2.36. The second-order valence-electron chi connectivity index (χ2n) is 2.25. The van der Waals surface area contributed by atoms with E-state index in [0.717, 1.165) is 0 Å². The Morgan fingerprint density at radius 2 is 2.55 bits per heavy atom. The van der Waals surface area contributed by atoms with Gasteiger partial charge in [-0.15, -0.1) is 0 Å². The summed E-state index contributed by atoms with van der Waals surface area (Å²) < 4.78 is 12.3. The van der Waals surface area contributed by atoms with E-state index in [0.29, 0.717) is 5.56 Å². The van der Waals surface area contributed by atoms with E-state index in [1.54, 1.807) is 0 Å². The van der Waals surface area contributed by atoms with Crippen molar-refractivity contribution in [2.75, 3.05) is 0 Å². The van der Waals surface area contributed by atoms with Crippen molar-refractivity contribution in [3.63, 3.8) is 0 Å². The summed E-state index contributed by atoms with van der Waals surface area (Å²) in [5.41, 5.74) is 6.14. The molecule has 0 spiro atoms. The van der Waals surface area contributed by atoms with Crippen LogP contribution in [0.3, 0.4) is 0 Å². The van der Waals surface area contributed by atoms with Gasteiger partial charge in [-0.05, 0) is 11.6 Å². The molecule has 3 nitrogen and oxygen atoms in total. The maximum atomic E-state index is 12.3. The van der Waals surface area contributed by atoms with Gasteiger partial charge in [-0.2, -0.15) is 9.65 Å². The van der Waals surface area contributed by atoms with Crippen LogP contribution < -0.4 is 5.73 Å². The smallest absolute Gasteiger partial charge is 0.191 e. The lowest BCUT2D eigenvalue weighted by Gasteiger charge is -2.01. The average molecular weight is 153 g/mol. The normalized spacial score (nSPS) is 12.5. The molecule has 0 saturated heterocycles. The van der Waals surface area contributed by atoms with Gasteiger partial charge in [0.1, 0.15) is 0 Å². The molecule has 58 valence electrons. The predicted molar refractivity (Wildman–Crippen MR) is 37.9 cm³/mol. The standard InChI is InChI=1S/C7H8FN3/c8-7-3-5(4-11-7)6(10)1-2-9/h3-4,6,11H,1,10H2. The van der Waals surface area contributed by atoms with Crippen LogP contribution in [0.15, 0.2) is 12.3 Å². The molecule has 0 fully saturated rings. The van der Waals surface area contributed by atoms with Crippen molar-refractivity contribution < 1.29 is 4.39 Å². The van der Waals surface area contributed by atoms with Crippen molar-refractivity contribution in [2.45, 2.75) is 12.5 Å². The molecular weight excluding hydrogens is 145 g/mol. The molecule has 1 heterocycles. The summed E-state index contributed by atoms with van der Waals surface area (Å²) in [7, 11) is 0. The number of hydrogen-bond donors (Lipinski definition) is 2. The van der Waals surface area contributed by atoms with Gasteiger partial charge >= 0.3 is 0 Å². The second kappa shape index (κ2) is 3.17. The van der Waals surface area contributed by atoms with Crippen molar-refractivity contribution in [3.05, 3.63) is 23.8 Å². The van der Waals surface area contributed by atoms with Crippen molar-refractivity contribution in [1.29, 1.82) is 5.26 Å². The van der Waals surface area contributed by atoms with Gasteiger partial charge in [-0.1, -0.05) is 0 Å². The van der Waals surface area contributed by atoms with E-state index in [1.165, 1.54) is 12.3 Å². The Morgan fingerprint density at radius 1 is 1.82 bits per heavy atom. The Kier molecular flexibility index (Phi) is 2.24. The van der Waals surface area contributed by atoms with Gasteiger partial charge in [0.05, 0.1) is 12.5 Å². The van der Waals surface area contributed by atoms with E-state index in [1.807, 2.05) is 6.07 Å². The summed E-state index contributed by atoms with van der Waals surface area (Å²) in [6.07, 6.45) is 1.68. The van der Waals surface area contributed by atoms with Gasteiger partial charge < -0.3 is 10.7 Å². The lowest BCUT2D eigenvalue weighted by molar-refractivity contribution is 0.591. The van der Waals surface area contributed by atoms with E-state index in [-0.39, 0.29) is 12.5 Å². The van der Waals surface area contributed by atoms with Crippen LogP contribution in [0.5, 0.6) is 0 Å². The molecule has 0 aliphatic carbocycles. The Hall–Kier alpha value is -1.34. The fourth-order valence-corrected chi connectivity index (χ4v) is 0.812. The number of nitrogens with two attached hydrogens (primary N) is 1. The molecular formula is C7H8FN3. The van der Waals surface area contributed by atoms with Crippen LogP contribution in [0.4, 0.5) is 4.39 Å². The highest BCUT2D eigenvalue weighted by Gasteiger charge is 2.06. The van der Waals surface area contributed by atoms with E-state index in [2.05, 4.69) is 4.98 Å². The van der Waals surface area contributed by atoms with Crippen molar-refractivity contribution in [1.82, 2.24) is 4.98 Å². The second-order valence-corrected chi connectivity index (χ2v) is 2.25. The van der Waals surface area contributed by atoms with E-state index in [9.17, 15) is 4.39 Å². The molecule has 1 unspecified atom stereocenters. The fraction of sp³-hybridized carbons (Fsp3) is 0.286. The highest BCUT2D eigenvalue weighted by atomic mass is 19.1. The molecule has 1 rings (SSSR count). The zero-order valence-corrected chi connectivity index (χ0v) is 5.84. The molecule has 1 atom stereocenters. The van der Waals surface area contributed by atoms with Crippen LogP contribution in [0.25, 0.3) is 0 Å². The monoisotopic (exact) mass is 153 g/mol. The summed E-state index contributed by atoms with van der Waals surface area (Å²) in [4.78, 5) is 2.35. The van der Waals surface area contributed by atoms with E-state index in [4.69, 9.17) is 11.0 Å². The first-order chi connectivity index (χ1) is 5.24. The summed E-state index contributed by atoms with van der Waals surface area (Å²) in [6.45, 7) is 0. The van der Waals surface area contributed by atoms with Gasteiger partial charge in [0, 0.05) is 12.2 Å². The van der Waals surface area contributed by atoms with Gasteiger partial charge in [0.25, 0.3) is 0 Å². The van der Waals surface area contributed by atoms with Crippen LogP contribution in [0.2, 0.25) is 0 Å². The number of hydrogen-bond acceptors (Lipinski definition) is 2. The molecule has 4 heteroatoms. The number of aromatic nitrogens is 1. The van der Waals surface area contributed by atoms with Crippen molar-refractivity contribution in [3.8, 4) is 6.07 Å². The topological polar surface area (TPSA) is 65.6 Å². The zero-order valence-electron chi connectivity index (χ0n) is 5.84. The molecule has 1 aromatic rings. The van der Waals surface area contributed by atoms with E-state index < -0.39 is 5.95 Å². The van der Waals surface area contributed by atoms with Crippen LogP contribution in [-0.4, -0.2) is 4.98 Å². The van der Waals surface area contributed by atoms with Crippen LogP contribution >= 0.6 is 0 Å². The maximum absolute atomic E-state index is 12.3. The molecule has 0 saturated carbocycles. The number of halogens is 1. The first kappa shape index (κ1) is 7.76. The quantitative estimate of drug-likeness (QED) is 0.667. The minimum atomic E-state index is -0.423. The van der Waals surface area contributed by atoms with Crippen molar-refractivity contribution >= 4 is 0 Å². The SMILES string of the molecule is N#CCC(N)c1c[nH]c(F)c1. The summed E-state index contributed by atoms with van der Waals surface area (Å²) in [5, 5.41) is 8.27. The molecule has 0 aromatic carbocycles. The minimum absolute atomic E-state index is 0.206. The summed E-state index contributed by atoms with van der Waals surface area (Å²) >= 11 is 0. The number of nitrogens with zero attached hydrogens (tertiary/aromatic N) is 1. The largest absolute Gasteiger partial charge is 0.338 e. The summed E-state index contributed by atoms with van der Waals surface area (Å²) in [5.74, 6) is -0.423. The molecule has 0 aliphatic heterocycles. The first-order valence-electron chi connectivity index (χ1n) is 3.20. The number of H-pyrrole nitrogens is 1. The zero-order chi connectivity index (χ0) is 8.27. The number of nitrogens with one attached hydrogen (secondary N) is 1. The Bertz CT molecular complexity index is 273. The molecule has 0 amide bonds.